The number of aromatic carboxylic acids is 1. The normalized spacial score (nSPS) is 10.4. The van der Waals surface area contributed by atoms with Gasteiger partial charge in [-0.25, -0.2) is 4.79 Å². The standard InChI is InChI=1S/C18H19BrN2O4S/c1-2-3-4-5-16(22)21-18(26)20-11-6-7-12(13(19)10-11)14-8-9-15(25-14)17(23)24/h6-10H,2-5H2,1H3,(H,23,24)(H2,20,21,22,26). The summed E-state index contributed by atoms with van der Waals surface area (Å²) in [5.41, 5.74) is 1.39. The monoisotopic (exact) mass is 438 g/mol. The lowest BCUT2D eigenvalue weighted by atomic mass is 10.1. The second-order valence-corrected chi connectivity index (χ2v) is 6.89. The van der Waals surface area contributed by atoms with Crippen LogP contribution in [0.4, 0.5) is 5.69 Å². The van der Waals surface area contributed by atoms with Gasteiger partial charge in [0.2, 0.25) is 11.7 Å². The molecule has 0 aliphatic carbocycles. The van der Waals surface area contributed by atoms with Crippen molar-refractivity contribution >= 4 is 50.8 Å². The highest BCUT2D eigenvalue weighted by atomic mass is 79.9. The first-order chi connectivity index (χ1) is 12.4. The molecule has 26 heavy (non-hydrogen) atoms. The van der Waals surface area contributed by atoms with E-state index >= 15 is 0 Å². The molecule has 0 spiro atoms. The van der Waals surface area contributed by atoms with Crippen LogP contribution in [0.2, 0.25) is 0 Å². The van der Waals surface area contributed by atoms with Crippen LogP contribution in [0.1, 0.15) is 43.2 Å². The van der Waals surface area contributed by atoms with Gasteiger partial charge in [-0.3, -0.25) is 4.79 Å². The van der Waals surface area contributed by atoms with Crippen LogP contribution in [0.3, 0.4) is 0 Å². The lowest BCUT2D eigenvalue weighted by Crippen LogP contribution is -2.33. The highest BCUT2D eigenvalue weighted by molar-refractivity contribution is 9.10. The summed E-state index contributed by atoms with van der Waals surface area (Å²) in [5.74, 6) is -0.914. The van der Waals surface area contributed by atoms with Crippen molar-refractivity contribution in [2.45, 2.75) is 32.6 Å². The molecule has 6 nitrogen and oxygen atoms in total. The van der Waals surface area contributed by atoms with Gasteiger partial charge in [0, 0.05) is 22.1 Å². The second kappa shape index (κ2) is 9.49. The zero-order valence-electron chi connectivity index (χ0n) is 14.2. The number of halogens is 1. The van der Waals surface area contributed by atoms with Crippen LogP contribution in [0, 0.1) is 0 Å². The van der Waals surface area contributed by atoms with Gasteiger partial charge in [0.15, 0.2) is 5.11 Å². The number of anilines is 1. The van der Waals surface area contributed by atoms with Crippen molar-refractivity contribution in [1.82, 2.24) is 5.32 Å². The molecule has 1 aromatic heterocycles. The Balaban J connectivity index is 1.99. The Morgan fingerprint density at radius 2 is 2.00 bits per heavy atom. The number of hydrogen-bond donors (Lipinski definition) is 3. The van der Waals surface area contributed by atoms with Crippen LogP contribution in [-0.2, 0) is 4.79 Å². The minimum absolute atomic E-state index is 0.108. The van der Waals surface area contributed by atoms with Crippen molar-refractivity contribution in [3.05, 3.63) is 40.6 Å². The first kappa shape index (κ1) is 20.1. The molecule has 1 aromatic carbocycles. The summed E-state index contributed by atoms with van der Waals surface area (Å²) in [4.78, 5) is 22.7. The Bertz CT molecular complexity index is 819. The Hall–Kier alpha value is -2.19. The summed E-state index contributed by atoms with van der Waals surface area (Å²) in [6.45, 7) is 2.08. The van der Waals surface area contributed by atoms with Gasteiger partial charge in [-0.15, -0.1) is 0 Å². The number of carbonyl (C=O) groups is 2. The first-order valence-electron chi connectivity index (χ1n) is 8.14. The zero-order chi connectivity index (χ0) is 19.1. The first-order valence-corrected chi connectivity index (χ1v) is 9.34. The van der Waals surface area contributed by atoms with Gasteiger partial charge < -0.3 is 20.2 Å². The van der Waals surface area contributed by atoms with Crippen LogP contribution >= 0.6 is 28.1 Å². The maximum Gasteiger partial charge on any atom is 0.371 e. The molecule has 0 aliphatic heterocycles. The molecule has 0 saturated carbocycles. The van der Waals surface area contributed by atoms with Gasteiger partial charge in [-0.05, 0) is 64.9 Å². The van der Waals surface area contributed by atoms with Gasteiger partial charge in [0.25, 0.3) is 0 Å². The third-order valence-electron chi connectivity index (χ3n) is 3.57. The molecule has 0 bridgehead atoms. The van der Waals surface area contributed by atoms with Crippen molar-refractivity contribution in [3.63, 3.8) is 0 Å². The minimum atomic E-state index is -1.12. The van der Waals surface area contributed by atoms with Crippen LogP contribution in [-0.4, -0.2) is 22.1 Å². The smallest absolute Gasteiger partial charge is 0.371 e. The zero-order valence-corrected chi connectivity index (χ0v) is 16.6. The minimum Gasteiger partial charge on any atom is -0.475 e. The summed E-state index contributed by atoms with van der Waals surface area (Å²) in [6, 6.07) is 8.30. The van der Waals surface area contributed by atoms with Gasteiger partial charge in [-0.1, -0.05) is 19.8 Å². The number of nitrogens with one attached hydrogen (secondary N) is 2. The molecule has 2 aromatic rings. The Labute approximate surface area is 165 Å². The van der Waals surface area contributed by atoms with Crippen molar-refractivity contribution in [3.8, 4) is 11.3 Å². The van der Waals surface area contributed by atoms with E-state index in [0.717, 1.165) is 19.3 Å². The Kier molecular flexibility index (Phi) is 7.35. The predicted octanol–water partition coefficient (Wildman–Crippen LogP) is 4.80. The maximum absolute atomic E-state index is 11.8. The van der Waals surface area contributed by atoms with E-state index < -0.39 is 5.97 Å². The van der Waals surface area contributed by atoms with E-state index in [2.05, 4.69) is 33.5 Å². The molecular weight excluding hydrogens is 420 g/mol. The Morgan fingerprint density at radius 1 is 1.23 bits per heavy atom. The number of amides is 1. The summed E-state index contributed by atoms with van der Waals surface area (Å²) in [6.07, 6.45) is 3.35. The SMILES string of the molecule is CCCCCC(=O)NC(=S)Nc1ccc(-c2ccc(C(=O)O)o2)c(Br)c1. The lowest BCUT2D eigenvalue weighted by molar-refractivity contribution is -0.119. The third kappa shape index (κ3) is 5.67. The summed E-state index contributed by atoms with van der Waals surface area (Å²) in [7, 11) is 0. The molecule has 0 fully saturated rings. The molecule has 0 saturated heterocycles. The van der Waals surface area contributed by atoms with Gasteiger partial charge in [0.1, 0.15) is 5.76 Å². The van der Waals surface area contributed by atoms with Crippen LogP contribution in [0.15, 0.2) is 39.2 Å². The van der Waals surface area contributed by atoms with Crippen molar-refractivity contribution in [2.75, 3.05) is 5.32 Å². The molecule has 3 N–H and O–H groups in total. The van der Waals surface area contributed by atoms with E-state index in [0.29, 0.717) is 27.9 Å². The van der Waals surface area contributed by atoms with Crippen molar-refractivity contribution < 1.29 is 19.1 Å². The fourth-order valence-electron chi connectivity index (χ4n) is 2.28. The number of benzene rings is 1. The average molecular weight is 439 g/mol. The number of carboxylic acid groups (broad SMARTS) is 1. The molecule has 1 amide bonds. The highest BCUT2D eigenvalue weighted by Gasteiger charge is 2.13. The van der Waals surface area contributed by atoms with Crippen LogP contribution < -0.4 is 10.6 Å². The number of rotatable bonds is 7. The summed E-state index contributed by atoms with van der Waals surface area (Å²) < 4.78 is 6.00. The molecule has 0 atom stereocenters. The van der Waals surface area contributed by atoms with E-state index in [1.54, 1.807) is 24.3 Å². The Morgan fingerprint density at radius 3 is 2.62 bits per heavy atom. The molecule has 1 heterocycles. The van der Waals surface area contributed by atoms with E-state index in [4.69, 9.17) is 21.7 Å². The van der Waals surface area contributed by atoms with Gasteiger partial charge >= 0.3 is 5.97 Å². The van der Waals surface area contributed by atoms with E-state index in [-0.39, 0.29) is 16.8 Å². The maximum atomic E-state index is 11.8. The van der Waals surface area contributed by atoms with Gasteiger partial charge in [0.05, 0.1) is 0 Å². The number of unbranched alkanes of at least 4 members (excludes halogenated alkanes) is 2. The average Bonchev–Trinajstić information content (AvgIpc) is 3.05. The van der Waals surface area contributed by atoms with Gasteiger partial charge in [-0.2, -0.15) is 0 Å². The lowest BCUT2D eigenvalue weighted by Gasteiger charge is -2.11. The van der Waals surface area contributed by atoms with Crippen LogP contribution in [0.25, 0.3) is 11.3 Å². The fourth-order valence-corrected chi connectivity index (χ4v) is 3.08. The van der Waals surface area contributed by atoms with Crippen LogP contribution in [0.5, 0.6) is 0 Å². The highest BCUT2D eigenvalue weighted by Crippen LogP contribution is 2.32. The van der Waals surface area contributed by atoms with E-state index in [1.807, 2.05) is 0 Å². The third-order valence-corrected chi connectivity index (χ3v) is 4.43. The van der Waals surface area contributed by atoms with E-state index in [9.17, 15) is 9.59 Å². The second-order valence-electron chi connectivity index (χ2n) is 5.62. The molecule has 0 radical (unpaired) electrons. The van der Waals surface area contributed by atoms with Crippen molar-refractivity contribution in [2.24, 2.45) is 0 Å². The molecule has 2 rings (SSSR count). The topological polar surface area (TPSA) is 91.6 Å². The summed E-state index contributed by atoms with van der Waals surface area (Å²) >= 11 is 8.59. The number of thiocarbonyl (C=S) groups is 1. The van der Waals surface area contributed by atoms with E-state index in [1.165, 1.54) is 6.07 Å². The molecule has 138 valence electrons. The number of furan rings is 1. The molecule has 0 unspecified atom stereocenters. The quantitative estimate of drug-likeness (QED) is 0.424. The predicted molar refractivity (Wildman–Crippen MR) is 107 cm³/mol. The number of carboxylic acids is 1. The number of hydrogen-bond acceptors (Lipinski definition) is 4. The fraction of sp³-hybridized carbons (Fsp3) is 0.278. The molecule has 0 aliphatic rings. The molecular formula is C18H19BrN2O4S. The van der Waals surface area contributed by atoms with Crippen molar-refractivity contribution in [1.29, 1.82) is 0 Å². The number of carbonyl (C=O) groups excluding carboxylic acids is 1. The largest absolute Gasteiger partial charge is 0.475 e. The summed E-state index contributed by atoms with van der Waals surface area (Å²) in [5, 5.41) is 14.8. The molecule has 8 heteroatoms.